The maximum Gasteiger partial charge on any atom is 0.0650 e. The van der Waals surface area contributed by atoms with Crippen LogP contribution in [0.4, 0.5) is 0 Å². The second-order valence-corrected chi connectivity index (χ2v) is 5.19. The normalized spacial score (nSPS) is 11.0. The van der Waals surface area contributed by atoms with Crippen molar-refractivity contribution in [3.8, 4) is 11.4 Å². The lowest BCUT2D eigenvalue weighted by atomic mass is 10.2. The molecule has 20 heavy (non-hydrogen) atoms. The maximum atomic E-state index is 4.50. The second kappa shape index (κ2) is 4.63. The van der Waals surface area contributed by atoms with Crippen LogP contribution in [0.25, 0.3) is 11.4 Å². The van der Waals surface area contributed by atoms with E-state index in [4.69, 9.17) is 0 Å². The van der Waals surface area contributed by atoms with Gasteiger partial charge in [-0.1, -0.05) is 0 Å². The Hall–Kier alpha value is -2.36. The van der Waals surface area contributed by atoms with Crippen molar-refractivity contribution in [2.45, 2.75) is 27.7 Å². The van der Waals surface area contributed by atoms with Gasteiger partial charge in [-0.15, -0.1) is 0 Å². The van der Waals surface area contributed by atoms with Gasteiger partial charge in [0.15, 0.2) is 0 Å². The highest BCUT2D eigenvalue weighted by atomic mass is 15.3. The first kappa shape index (κ1) is 12.7. The van der Waals surface area contributed by atoms with Gasteiger partial charge in [0.25, 0.3) is 0 Å². The molecule has 0 saturated carbocycles. The van der Waals surface area contributed by atoms with Crippen molar-refractivity contribution in [2.24, 2.45) is 0 Å². The summed E-state index contributed by atoms with van der Waals surface area (Å²) in [5, 5.41) is 9.00. The van der Waals surface area contributed by atoms with E-state index in [0.717, 1.165) is 34.2 Å². The van der Waals surface area contributed by atoms with Gasteiger partial charge in [-0.25, -0.2) is 9.36 Å². The van der Waals surface area contributed by atoms with Gasteiger partial charge in [-0.2, -0.15) is 10.2 Å². The van der Waals surface area contributed by atoms with E-state index in [-0.39, 0.29) is 0 Å². The fraction of sp³-hybridized carbons (Fsp3) is 0.250. The van der Waals surface area contributed by atoms with E-state index in [0.29, 0.717) is 0 Å². The van der Waals surface area contributed by atoms with E-state index < -0.39 is 0 Å². The van der Waals surface area contributed by atoms with Crippen LogP contribution in [0.3, 0.4) is 0 Å². The van der Waals surface area contributed by atoms with Crippen molar-refractivity contribution in [2.75, 3.05) is 0 Å². The Morgan fingerprint density at radius 2 is 1.00 bits per heavy atom. The minimum atomic E-state index is 1.03. The summed E-state index contributed by atoms with van der Waals surface area (Å²) in [7, 11) is 0. The van der Waals surface area contributed by atoms with Crippen LogP contribution in [0.1, 0.15) is 22.8 Å². The van der Waals surface area contributed by atoms with Crippen LogP contribution in [0.2, 0.25) is 0 Å². The van der Waals surface area contributed by atoms with Gasteiger partial charge < -0.3 is 0 Å². The molecule has 4 nitrogen and oxygen atoms in total. The molecule has 0 aliphatic heterocycles. The molecule has 0 unspecified atom stereocenters. The Bertz CT molecular complexity index is 682. The molecule has 3 rings (SSSR count). The highest BCUT2D eigenvalue weighted by Gasteiger charge is 2.06. The molecule has 102 valence electrons. The van der Waals surface area contributed by atoms with Crippen LogP contribution in [0.15, 0.2) is 36.4 Å². The molecule has 0 spiro atoms. The van der Waals surface area contributed by atoms with Gasteiger partial charge in [-0.3, -0.25) is 0 Å². The van der Waals surface area contributed by atoms with Crippen molar-refractivity contribution in [3.05, 3.63) is 59.2 Å². The fourth-order valence-corrected chi connectivity index (χ4v) is 2.52. The molecule has 1 aromatic carbocycles. The van der Waals surface area contributed by atoms with Crippen molar-refractivity contribution >= 4 is 0 Å². The first-order chi connectivity index (χ1) is 9.54. The first-order valence-electron chi connectivity index (χ1n) is 6.72. The molecule has 0 atom stereocenters. The molecule has 0 amide bonds. The van der Waals surface area contributed by atoms with Crippen LogP contribution in [0.5, 0.6) is 0 Å². The van der Waals surface area contributed by atoms with E-state index >= 15 is 0 Å². The third kappa shape index (κ3) is 2.13. The molecule has 0 fully saturated rings. The number of hydrogen-bond acceptors (Lipinski definition) is 2. The van der Waals surface area contributed by atoms with E-state index in [1.165, 1.54) is 0 Å². The average molecular weight is 266 g/mol. The van der Waals surface area contributed by atoms with Crippen LogP contribution >= 0.6 is 0 Å². The minimum Gasteiger partial charge on any atom is -0.238 e. The maximum absolute atomic E-state index is 4.50. The van der Waals surface area contributed by atoms with Crippen LogP contribution in [0, 0.1) is 27.7 Å². The van der Waals surface area contributed by atoms with Gasteiger partial charge in [0.05, 0.1) is 22.8 Å². The summed E-state index contributed by atoms with van der Waals surface area (Å²) in [6, 6.07) is 12.5. The highest BCUT2D eigenvalue weighted by molar-refractivity contribution is 5.42. The highest BCUT2D eigenvalue weighted by Crippen LogP contribution is 2.16. The third-order valence-electron chi connectivity index (χ3n) is 3.36. The number of benzene rings is 1. The predicted molar refractivity (Wildman–Crippen MR) is 79.6 cm³/mol. The smallest absolute Gasteiger partial charge is 0.0650 e. The van der Waals surface area contributed by atoms with Crippen LogP contribution in [-0.4, -0.2) is 19.6 Å². The van der Waals surface area contributed by atoms with Crippen molar-refractivity contribution in [3.63, 3.8) is 0 Å². The molecular weight excluding hydrogens is 248 g/mol. The summed E-state index contributed by atoms with van der Waals surface area (Å²) in [5.74, 6) is 0. The Morgan fingerprint density at radius 3 is 1.25 bits per heavy atom. The van der Waals surface area contributed by atoms with Crippen LogP contribution < -0.4 is 0 Å². The summed E-state index contributed by atoms with van der Waals surface area (Å²) in [6.45, 7) is 8.14. The first-order valence-corrected chi connectivity index (χ1v) is 6.72. The Labute approximate surface area is 118 Å². The molecule has 0 N–H and O–H groups in total. The van der Waals surface area contributed by atoms with Gasteiger partial charge in [0.2, 0.25) is 0 Å². The zero-order valence-electron chi connectivity index (χ0n) is 12.3. The molecule has 2 aromatic heterocycles. The molecule has 0 saturated heterocycles. The summed E-state index contributed by atoms with van der Waals surface area (Å²) in [5.41, 5.74) is 6.49. The Balaban J connectivity index is 1.99. The van der Waals surface area contributed by atoms with Gasteiger partial charge in [0, 0.05) is 11.4 Å². The summed E-state index contributed by atoms with van der Waals surface area (Å²) in [6.07, 6.45) is 0. The lowest BCUT2D eigenvalue weighted by Gasteiger charge is -2.07. The standard InChI is InChI=1S/C16H18N4/c1-11-9-13(3)19(17-11)15-5-7-16(8-6-15)20-14(4)10-12(2)18-20/h5-10H,1-4H3. The lowest BCUT2D eigenvalue weighted by molar-refractivity contribution is 0.820. The quantitative estimate of drug-likeness (QED) is 0.713. The average Bonchev–Trinajstić information content (AvgIpc) is 2.92. The Kier molecular flexibility index (Phi) is 2.93. The molecule has 4 heteroatoms. The van der Waals surface area contributed by atoms with E-state index in [1.54, 1.807) is 0 Å². The molecular formula is C16H18N4. The monoisotopic (exact) mass is 266 g/mol. The summed E-state index contributed by atoms with van der Waals surface area (Å²) >= 11 is 0. The van der Waals surface area contributed by atoms with Gasteiger partial charge in [-0.05, 0) is 64.1 Å². The van der Waals surface area contributed by atoms with Gasteiger partial charge in [0.1, 0.15) is 0 Å². The number of aryl methyl sites for hydroxylation is 4. The molecule has 0 radical (unpaired) electrons. The molecule has 0 bridgehead atoms. The number of rotatable bonds is 2. The molecule has 0 aliphatic carbocycles. The lowest BCUT2D eigenvalue weighted by Crippen LogP contribution is -2.02. The van der Waals surface area contributed by atoms with Gasteiger partial charge >= 0.3 is 0 Å². The summed E-state index contributed by atoms with van der Waals surface area (Å²) in [4.78, 5) is 0. The minimum absolute atomic E-state index is 1.03. The molecule has 3 aromatic rings. The van der Waals surface area contributed by atoms with Crippen LogP contribution in [-0.2, 0) is 0 Å². The number of nitrogens with zero attached hydrogens (tertiary/aromatic N) is 4. The van der Waals surface area contributed by atoms with Crippen molar-refractivity contribution < 1.29 is 0 Å². The molecule has 2 heterocycles. The van der Waals surface area contributed by atoms with E-state index in [2.05, 4.69) is 60.4 Å². The third-order valence-corrected chi connectivity index (χ3v) is 3.36. The SMILES string of the molecule is Cc1cc(C)n(-c2ccc(-n3nc(C)cc3C)cc2)n1. The predicted octanol–water partition coefficient (Wildman–Crippen LogP) is 3.29. The van der Waals surface area contributed by atoms with E-state index in [9.17, 15) is 0 Å². The zero-order chi connectivity index (χ0) is 14.3. The Morgan fingerprint density at radius 1 is 0.650 bits per heavy atom. The number of aromatic nitrogens is 4. The zero-order valence-corrected chi connectivity index (χ0v) is 12.3. The molecule has 0 aliphatic rings. The van der Waals surface area contributed by atoms with E-state index in [1.807, 2.05) is 23.2 Å². The topological polar surface area (TPSA) is 35.6 Å². The fourth-order valence-electron chi connectivity index (χ4n) is 2.52. The van der Waals surface area contributed by atoms with Crippen molar-refractivity contribution in [1.29, 1.82) is 0 Å². The largest absolute Gasteiger partial charge is 0.238 e. The second-order valence-electron chi connectivity index (χ2n) is 5.19. The van der Waals surface area contributed by atoms with Crippen molar-refractivity contribution in [1.82, 2.24) is 19.6 Å². The number of hydrogen-bond donors (Lipinski definition) is 0. The summed E-state index contributed by atoms with van der Waals surface area (Å²) < 4.78 is 3.92.